The van der Waals surface area contributed by atoms with Crippen LogP contribution in [0.3, 0.4) is 0 Å². The molecule has 2 aliphatic heterocycles. The number of hydrogen-bond donors (Lipinski definition) is 1. The van der Waals surface area contributed by atoms with Crippen LogP contribution in [0.4, 0.5) is 0 Å². The summed E-state index contributed by atoms with van der Waals surface area (Å²) in [5.41, 5.74) is 1.98. The molecule has 3 aromatic rings. The van der Waals surface area contributed by atoms with E-state index < -0.39 is 0 Å². The van der Waals surface area contributed by atoms with E-state index in [4.69, 9.17) is 4.74 Å². The van der Waals surface area contributed by atoms with Crippen molar-refractivity contribution in [3.63, 3.8) is 0 Å². The average molecular weight is 416 g/mol. The first kappa shape index (κ1) is 19.6. The summed E-state index contributed by atoms with van der Waals surface area (Å²) < 4.78 is 8.70. The molecule has 152 valence electrons. The first-order valence-electron chi connectivity index (χ1n) is 9.63. The Balaban J connectivity index is 0.00000205. The normalized spacial score (nSPS) is 16.3. The number of nitrogens with zero attached hydrogens (tertiary/aromatic N) is 4. The van der Waals surface area contributed by atoms with Gasteiger partial charge in [-0.15, -0.1) is 12.4 Å². The zero-order chi connectivity index (χ0) is 19.1. The molecule has 0 unspecified atom stereocenters. The van der Waals surface area contributed by atoms with Gasteiger partial charge in [-0.2, -0.15) is 5.10 Å². The fourth-order valence-electron chi connectivity index (χ4n) is 4.00. The number of Topliss-reactive ketones (excluding diaryl/α,β-unsaturated/α-hetero) is 1. The lowest BCUT2D eigenvalue weighted by atomic mass is 10.1. The van der Waals surface area contributed by atoms with Crippen LogP contribution in [-0.4, -0.2) is 44.8 Å². The van der Waals surface area contributed by atoms with Gasteiger partial charge < -0.3 is 10.1 Å². The highest BCUT2D eigenvalue weighted by Crippen LogP contribution is 2.26. The van der Waals surface area contributed by atoms with Crippen LogP contribution in [0.15, 0.2) is 35.5 Å². The maximum Gasteiger partial charge on any atom is 0.264 e. The number of piperidine rings is 1. The summed E-state index contributed by atoms with van der Waals surface area (Å²) in [4.78, 5) is 30.0. The highest BCUT2D eigenvalue weighted by atomic mass is 35.5. The molecule has 2 aromatic heterocycles. The third-order valence-electron chi connectivity index (χ3n) is 5.56. The van der Waals surface area contributed by atoms with Crippen molar-refractivity contribution in [1.29, 1.82) is 0 Å². The van der Waals surface area contributed by atoms with Gasteiger partial charge in [-0.25, -0.2) is 9.67 Å². The molecular formula is C20H22ClN5O3. The largest absolute Gasteiger partial charge is 0.493 e. The standard InChI is InChI=1S/C20H21N5O3.ClH/c26-17(13-1-2-18-14(9-13)5-8-28-18)11-24-12-22-19-16(20(24)27)10-23-25(19)15-3-6-21-7-4-15;/h1-2,9-10,12,15,21H,3-8,11H2;1H. The monoisotopic (exact) mass is 415 g/mol. The topological polar surface area (TPSA) is 91.0 Å². The van der Waals surface area contributed by atoms with E-state index in [0.717, 1.165) is 43.7 Å². The van der Waals surface area contributed by atoms with Crippen molar-refractivity contribution in [1.82, 2.24) is 24.6 Å². The molecule has 0 bridgehead atoms. The molecule has 8 nitrogen and oxygen atoms in total. The zero-order valence-corrected chi connectivity index (χ0v) is 16.7. The lowest BCUT2D eigenvalue weighted by molar-refractivity contribution is 0.0970. The molecule has 29 heavy (non-hydrogen) atoms. The fraction of sp³-hybridized carbons (Fsp3) is 0.400. The lowest BCUT2D eigenvalue weighted by Gasteiger charge is -2.23. The van der Waals surface area contributed by atoms with Crippen LogP contribution in [0, 0.1) is 0 Å². The van der Waals surface area contributed by atoms with Crippen molar-refractivity contribution < 1.29 is 9.53 Å². The lowest BCUT2D eigenvalue weighted by Crippen LogP contribution is -2.30. The van der Waals surface area contributed by atoms with E-state index in [2.05, 4.69) is 15.4 Å². The number of carbonyl (C=O) groups is 1. The molecule has 1 N–H and O–H groups in total. The van der Waals surface area contributed by atoms with E-state index in [9.17, 15) is 9.59 Å². The summed E-state index contributed by atoms with van der Waals surface area (Å²) in [6, 6.07) is 5.68. The van der Waals surface area contributed by atoms with Crippen LogP contribution in [0.2, 0.25) is 0 Å². The molecule has 0 aliphatic carbocycles. The molecule has 4 heterocycles. The first-order valence-corrected chi connectivity index (χ1v) is 9.63. The molecule has 1 saturated heterocycles. The van der Waals surface area contributed by atoms with Gasteiger partial charge in [0.05, 0.1) is 25.4 Å². The molecule has 0 radical (unpaired) electrons. The molecule has 1 aromatic carbocycles. The van der Waals surface area contributed by atoms with Crippen LogP contribution in [0.1, 0.15) is 34.8 Å². The van der Waals surface area contributed by atoms with E-state index >= 15 is 0 Å². The Bertz CT molecular complexity index is 1120. The van der Waals surface area contributed by atoms with Gasteiger partial charge in [-0.3, -0.25) is 14.2 Å². The molecular weight excluding hydrogens is 394 g/mol. The predicted molar refractivity (Wildman–Crippen MR) is 110 cm³/mol. The number of benzene rings is 1. The Morgan fingerprint density at radius 2 is 2.10 bits per heavy atom. The van der Waals surface area contributed by atoms with E-state index in [1.54, 1.807) is 12.3 Å². The maximum atomic E-state index is 12.9. The molecule has 2 aliphatic rings. The molecule has 0 atom stereocenters. The number of nitrogens with one attached hydrogen (secondary N) is 1. The van der Waals surface area contributed by atoms with Gasteiger partial charge in [0.15, 0.2) is 11.4 Å². The Hall–Kier alpha value is -2.71. The number of carbonyl (C=O) groups excluding carboxylic acids is 1. The molecule has 1 fully saturated rings. The SMILES string of the molecule is Cl.O=C(Cn1cnc2c(cnn2C2CCNCC2)c1=O)c1ccc2c(c1)CCO2. The number of aromatic nitrogens is 4. The van der Waals surface area contributed by atoms with Gasteiger partial charge in [-0.1, -0.05) is 0 Å². The molecule has 5 rings (SSSR count). The third-order valence-corrected chi connectivity index (χ3v) is 5.56. The minimum atomic E-state index is -0.233. The summed E-state index contributed by atoms with van der Waals surface area (Å²) >= 11 is 0. The molecule has 9 heteroatoms. The van der Waals surface area contributed by atoms with Gasteiger partial charge in [-0.05, 0) is 49.7 Å². The number of rotatable bonds is 4. The summed E-state index contributed by atoms with van der Waals surface area (Å²) in [7, 11) is 0. The Labute approximate surface area is 173 Å². The Morgan fingerprint density at radius 3 is 2.93 bits per heavy atom. The van der Waals surface area contributed by atoms with Crippen molar-refractivity contribution in [3.8, 4) is 5.75 Å². The van der Waals surface area contributed by atoms with Gasteiger partial charge >= 0.3 is 0 Å². The molecule has 0 amide bonds. The summed E-state index contributed by atoms with van der Waals surface area (Å²) in [6.07, 6.45) is 5.75. The van der Waals surface area contributed by atoms with Gasteiger partial charge in [0.1, 0.15) is 17.5 Å². The number of fused-ring (bicyclic) bond motifs is 2. The number of ketones is 1. The minimum absolute atomic E-state index is 0. The number of hydrogen-bond acceptors (Lipinski definition) is 6. The van der Waals surface area contributed by atoms with Crippen LogP contribution < -0.4 is 15.6 Å². The molecule has 0 saturated carbocycles. The van der Waals surface area contributed by atoms with Crippen LogP contribution in [0.5, 0.6) is 5.75 Å². The van der Waals surface area contributed by atoms with Crippen molar-refractivity contribution >= 4 is 29.2 Å². The highest BCUT2D eigenvalue weighted by molar-refractivity contribution is 5.96. The maximum absolute atomic E-state index is 12.9. The molecule has 0 spiro atoms. The predicted octanol–water partition coefficient (Wildman–Crippen LogP) is 1.76. The van der Waals surface area contributed by atoms with E-state index in [0.29, 0.717) is 23.2 Å². The fourth-order valence-corrected chi connectivity index (χ4v) is 4.00. The Morgan fingerprint density at radius 1 is 1.28 bits per heavy atom. The van der Waals surface area contributed by atoms with E-state index in [-0.39, 0.29) is 36.3 Å². The van der Waals surface area contributed by atoms with Crippen LogP contribution >= 0.6 is 12.4 Å². The van der Waals surface area contributed by atoms with Gasteiger partial charge in [0.2, 0.25) is 0 Å². The van der Waals surface area contributed by atoms with Crippen molar-refractivity contribution in [2.24, 2.45) is 0 Å². The summed E-state index contributed by atoms with van der Waals surface area (Å²) in [6.45, 7) is 2.47. The zero-order valence-electron chi connectivity index (χ0n) is 15.8. The van der Waals surface area contributed by atoms with Crippen LogP contribution in [-0.2, 0) is 13.0 Å². The number of ether oxygens (including phenoxy) is 1. The second-order valence-corrected chi connectivity index (χ2v) is 7.33. The van der Waals surface area contributed by atoms with E-state index in [1.807, 2.05) is 16.8 Å². The van der Waals surface area contributed by atoms with Crippen molar-refractivity contribution in [2.45, 2.75) is 31.8 Å². The second-order valence-electron chi connectivity index (χ2n) is 7.33. The van der Waals surface area contributed by atoms with Crippen LogP contribution in [0.25, 0.3) is 11.0 Å². The minimum Gasteiger partial charge on any atom is -0.493 e. The smallest absolute Gasteiger partial charge is 0.264 e. The van der Waals surface area contributed by atoms with E-state index in [1.165, 1.54) is 10.9 Å². The number of halogens is 1. The first-order chi connectivity index (χ1) is 13.7. The van der Waals surface area contributed by atoms with Crippen molar-refractivity contribution in [3.05, 3.63) is 52.2 Å². The van der Waals surface area contributed by atoms with Crippen molar-refractivity contribution in [2.75, 3.05) is 19.7 Å². The average Bonchev–Trinajstić information content (AvgIpc) is 3.37. The Kier molecular flexibility index (Phi) is 5.38. The summed E-state index contributed by atoms with van der Waals surface area (Å²) in [5.74, 6) is 0.714. The third kappa shape index (κ3) is 3.54. The highest BCUT2D eigenvalue weighted by Gasteiger charge is 2.21. The quantitative estimate of drug-likeness (QED) is 0.653. The summed E-state index contributed by atoms with van der Waals surface area (Å²) in [5, 5.41) is 8.19. The van der Waals surface area contributed by atoms with Gasteiger partial charge in [0, 0.05) is 12.0 Å². The van der Waals surface area contributed by atoms with Gasteiger partial charge in [0.25, 0.3) is 5.56 Å². The second kappa shape index (κ2) is 7.96.